The summed E-state index contributed by atoms with van der Waals surface area (Å²) < 4.78 is 0. The molecule has 1 aromatic heterocycles. The Morgan fingerprint density at radius 1 is 1.62 bits per heavy atom. The zero-order chi connectivity index (χ0) is 9.26. The van der Waals surface area contributed by atoms with Crippen LogP contribution in [0.5, 0.6) is 0 Å². The van der Waals surface area contributed by atoms with Gasteiger partial charge in [0.1, 0.15) is 12.1 Å². The molecule has 0 atom stereocenters. The zero-order valence-electron chi connectivity index (χ0n) is 6.69. The summed E-state index contributed by atoms with van der Waals surface area (Å²) in [6, 6.07) is 0. The Morgan fingerprint density at radius 2 is 2.46 bits per heavy atom. The molecule has 2 rings (SSSR count). The fraction of sp³-hybridized carbons (Fsp3) is 0.125. The molecule has 0 aromatic carbocycles. The van der Waals surface area contributed by atoms with Crippen LogP contribution in [-0.4, -0.2) is 21.0 Å². The average molecular weight is 177 g/mol. The summed E-state index contributed by atoms with van der Waals surface area (Å²) in [4.78, 5) is 18.4. The number of anilines is 1. The van der Waals surface area contributed by atoms with Crippen molar-refractivity contribution in [2.75, 3.05) is 5.32 Å². The van der Waals surface area contributed by atoms with Crippen molar-refractivity contribution in [3.63, 3.8) is 0 Å². The Hall–Kier alpha value is -1.91. The minimum Gasteiger partial charge on any atom is -0.478 e. The molecule has 1 aromatic rings. The van der Waals surface area contributed by atoms with E-state index in [1.54, 1.807) is 6.20 Å². The lowest BCUT2D eigenvalue weighted by molar-refractivity contribution is -0.132. The molecule has 0 unspecified atom stereocenters. The monoisotopic (exact) mass is 177 g/mol. The third-order valence-corrected chi connectivity index (χ3v) is 1.83. The maximum absolute atomic E-state index is 10.6. The van der Waals surface area contributed by atoms with Crippen LogP contribution in [0.1, 0.15) is 5.56 Å². The first-order valence-electron chi connectivity index (χ1n) is 3.75. The van der Waals surface area contributed by atoms with Gasteiger partial charge < -0.3 is 10.4 Å². The summed E-state index contributed by atoms with van der Waals surface area (Å²) >= 11 is 0. The number of aliphatic carboxylic acids is 1. The van der Waals surface area contributed by atoms with Gasteiger partial charge >= 0.3 is 5.97 Å². The van der Waals surface area contributed by atoms with E-state index in [1.807, 2.05) is 0 Å². The molecule has 1 aliphatic rings. The topological polar surface area (TPSA) is 75.1 Å². The van der Waals surface area contributed by atoms with Crippen molar-refractivity contribution in [2.24, 2.45) is 0 Å². The molecule has 13 heavy (non-hydrogen) atoms. The van der Waals surface area contributed by atoms with Gasteiger partial charge in [0.05, 0.1) is 5.57 Å². The van der Waals surface area contributed by atoms with E-state index in [9.17, 15) is 4.79 Å². The third-order valence-electron chi connectivity index (χ3n) is 1.83. The first-order valence-corrected chi connectivity index (χ1v) is 3.75. The minimum absolute atomic E-state index is 0.322. The van der Waals surface area contributed by atoms with Crippen LogP contribution in [0, 0.1) is 0 Å². The van der Waals surface area contributed by atoms with Crippen LogP contribution in [-0.2, 0) is 11.2 Å². The summed E-state index contributed by atoms with van der Waals surface area (Å²) in [5.41, 5.74) is 1.13. The Kier molecular flexibility index (Phi) is 1.70. The van der Waals surface area contributed by atoms with Crippen molar-refractivity contribution in [1.29, 1.82) is 0 Å². The fourth-order valence-corrected chi connectivity index (χ4v) is 1.17. The van der Waals surface area contributed by atoms with Gasteiger partial charge in [-0.3, -0.25) is 0 Å². The summed E-state index contributed by atoms with van der Waals surface area (Å²) in [5.74, 6) is -0.234. The van der Waals surface area contributed by atoms with Gasteiger partial charge in [-0.15, -0.1) is 0 Å². The highest BCUT2D eigenvalue weighted by Crippen LogP contribution is 2.19. The van der Waals surface area contributed by atoms with Crippen LogP contribution in [0.2, 0.25) is 0 Å². The first kappa shape index (κ1) is 7.72. The predicted molar refractivity (Wildman–Crippen MR) is 45.1 cm³/mol. The van der Waals surface area contributed by atoms with Crippen LogP contribution in [0.4, 0.5) is 5.82 Å². The molecule has 0 saturated heterocycles. The number of nitrogens with one attached hydrogen (secondary N) is 1. The Balaban J connectivity index is 2.33. The lowest BCUT2D eigenvalue weighted by atomic mass is 10.1. The molecule has 2 N–H and O–H groups in total. The number of carboxylic acid groups (broad SMARTS) is 1. The fourth-order valence-electron chi connectivity index (χ4n) is 1.17. The van der Waals surface area contributed by atoms with Gasteiger partial charge in [0.2, 0.25) is 0 Å². The summed E-state index contributed by atoms with van der Waals surface area (Å²) in [6.45, 7) is 0. The molecule has 1 aliphatic heterocycles. The Labute approximate surface area is 74.1 Å². The molecule has 0 saturated carbocycles. The van der Waals surface area contributed by atoms with E-state index in [2.05, 4.69) is 15.3 Å². The van der Waals surface area contributed by atoms with Crippen LogP contribution >= 0.6 is 0 Å². The number of hydrogen-bond donors (Lipinski definition) is 2. The molecular formula is C8H7N3O2. The van der Waals surface area contributed by atoms with Gasteiger partial charge in [-0.1, -0.05) is 0 Å². The maximum atomic E-state index is 10.6. The second-order valence-corrected chi connectivity index (χ2v) is 2.69. The minimum atomic E-state index is -0.915. The molecule has 0 aliphatic carbocycles. The second kappa shape index (κ2) is 2.85. The van der Waals surface area contributed by atoms with Gasteiger partial charge in [0.15, 0.2) is 0 Å². The van der Waals surface area contributed by atoms with E-state index in [0.717, 1.165) is 5.56 Å². The molecular weight excluding hydrogens is 170 g/mol. The summed E-state index contributed by atoms with van der Waals surface area (Å²) in [7, 11) is 0. The van der Waals surface area contributed by atoms with Crippen LogP contribution in [0.25, 0.3) is 0 Å². The van der Waals surface area contributed by atoms with E-state index in [4.69, 9.17) is 5.11 Å². The molecule has 0 amide bonds. The van der Waals surface area contributed by atoms with Gasteiger partial charge in [0.25, 0.3) is 0 Å². The highest BCUT2D eigenvalue weighted by atomic mass is 16.4. The molecule has 66 valence electrons. The summed E-state index contributed by atoms with van der Waals surface area (Å²) in [6.07, 6.45) is 4.87. The predicted octanol–water partition coefficient (Wildman–Crippen LogP) is 0.413. The van der Waals surface area contributed by atoms with Gasteiger partial charge in [0, 0.05) is 24.4 Å². The summed E-state index contributed by atoms with van der Waals surface area (Å²) in [5, 5.41) is 11.5. The van der Waals surface area contributed by atoms with Crippen LogP contribution in [0.3, 0.4) is 0 Å². The molecule has 5 heteroatoms. The van der Waals surface area contributed by atoms with Crippen molar-refractivity contribution in [3.8, 4) is 0 Å². The molecule has 0 fully saturated rings. The number of aromatic nitrogens is 2. The van der Waals surface area contributed by atoms with E-state index in [-0.39, 0.29) is 0 Å². The molecule has 5 nitrogen and oxygen atoms in total. The second-order valence-electron chi connectivity index (χ2n) is 2.69. The molecule has 0 spiro atoms. The zero-order valence-corrected chi connectivity index (χ0v) is 6.69. The number of carboxylic acids is 1. The lowest BCUT2D eigenvalue weighted by Crippen LogP contribution is -2.13. The molecule has 0 radical (unpaired) electrons. The highest BCUT2D eigenvalue weighted by molar-refractivity contribution is 5.88. The normalized spacial score (nSPS) is 14.0. The van der Waals surface area contributed by atoms with Crippen molar-refractivity contribution in [2.45, 2.75) is 6.42 Å². The number of rotatable bonds is 1. The number of hydrogen-bond acceptors (Lipinski definition) is 4. The van der Waals surface area contributed by atoms with Crippen molar-refractivity contribution >= 4 is 11.8 Å². The van der Waals surface area contributed by atoms with Gasteiger partial charge in [-0.05, 0) is 0 Å². The smallest absolute Gasteiger partial charge is 0.333 e. The molecule has 0 bridgehead atoms. The van der Waals surface area contributed by atoms with E-state index in [0.29, 0.717) is 17.8 Å². The largest absolute Gasteiger partial charge is 0.478 e. The van der Waals surface area contributed by atoms with Crippen molar-refractivity contribution in [1.82, 2.24) is 9.97 Å². The van der Waals surface area contributed by atoms with Crippen molar-refractivity contribution in [3.05, 3.63) is 29.9 Å². The number of carbonyl (C=O) groups is 1. The Morgan fingerprint density at radius 3 is 3.23 bits per heavy atom. The molecule has 2 heterocycles. The SMILES string of the molecule is O=C(O)C1=CNc2ncncc2C1. The quantitative estimate of drug-likeness (QED) is 0.649. The van der Waals surface area contributed by atoms with Crippen molar-refractivity contribution < 1.29 is 9.90 Å². The standard InChI is InChI=1S/C8H7N3O2/c12-8(13)6-1-5-2-9-4-11-7(5)10-3-6/h2-4H,1H2,(H,12,13)(H,9,10,11). The van der Waals surface area contributed by atoms with E-state index >= 15 is 0 Å². The maximum Gasteiger partial charge on any atom is 0.333 e. The number of nitrogens with zero attached hydrogens (tertiary/aromatic N) is 2. The first-order chi connectivity index (χ1) is 6.27. The van der Waals surface area contributed by atoms with Crippen LogP contribution < -0.4 is 5.32 Å². The van der Waals surface area contributed by atoms with Gasteiger partial charge in [-0.2, -0.15) is 0 Å². The van der Waals surface area contributed by atoms with E-state index in [1.165, 1.54) is 12.5 Å². The van der Waals surface area contributed by atoms with Crippen LogP contribution in [0.15, 0.2) is 24.3 Å². The third kappa shape index (κ3) is 1.35. The average Bonchev–Trinajstić information content (AvgIpc) is 2.17. The number of fused-ring (bicyclic) bond motifs is 1. The lowest BCUT2D eigenvalue weighted by Gasteiger charge is -2.13. The highest BCUT2D eigenvalue weighted by Gasteiger charge is 2.16. The van der Waals surface area contributed by atoms with Gasteiger partial charge in [-0.25, -0.2) is 14.8 Å². The Bertz CT molecular complexity index is 387. The van der Waals surface area contributed by atoms with E-state index < -0.39 is 5.97 Å².